The van der Waals surface area contributed by atoms with Crippen molar-refractivity contribution in [2.24, 2.45) is 11.8 Å². The van der Waals surface area contributed by atoms with Gasteiger partial charge in [0.15, 0.2) is 5.92 Å². The molecule has 0 bridgehead atoms. The van der Waals surface area contributed by atoms with Crippen LogP contribution in [0.3, 0.4) is 0 Å². The highest BCUT2D eigenvalue weighted by atomic mass is 19.4. The molecule has 0 radical (unpaired) electrons. The molecule has 0 saturated carbocycles. The van der Waals surface area contributed by atoms with Crippen LogP contribution < -0.4 is 11.3 Å². The summed E-state index contributed by atoms with van der Waals surface area (Å²) in [5, 5.41) is 0. The van der Waals surface area contributed by atoms with Crippen LogP contribution in [-0.4, -0.2) is 12.4 Å². The normalized spacial score (nSPS) is 14.5. The van der Waals surface area contributed by atoms with Gasteiger partial charge in [-0.25, -0.2) is 0 Å². The first-order valence-corrected chi connectivity index (χ1v) is 6.29. The molecular formula is C13H16F6N2. The maximum Gasteiger partial charge on any atom is 0.402 e. The van der Waals surface area contributed by atoms with E-state index in [0.29, 0.717) is 12.0 Å². The molecule has 1 unspecified atom stereocenters. The fourth-order valence-electron chi connectivity index (χ4n) is 2.18. The van der Waals surface area contributed by atoms with E-state index in [-0.39, 0.29) is 5.56 Å². The molecule has 0 saturated heterocycles. The van der Waals surface area contributed by atoms with Gasteiger partial charge in [-0.05, 0) is 17.5 Å². The standard InChI is InChI=1S/C13H16F6N2/c1-2-4-8-5-3-6-9(7-8)10(21-20)11(12(14,15)16)13(17,18)19/h3,5-7,10-11,21H,2,4,20H2,1H3. The summed E-state index contributed by atoms with van der Waals surface area (Å²) in [5.41, 5.74) is 2.19. The molecule has 0 spiro atoms. The molecule has 0 aliphatic heterocycles. The minimum absolute atomic E-state index is 0.136. The molecule has 120 valence electrons. The monoisotopic (exact) mass is 314 g/mol. The van der Waals surface area contributed by atoms with Crippen molar-refractivity contribution in [3.05, 3.63) is 35.4 Å². The summed E-state index contributed by atoms with van der Waals surface area (Å²) < 4.78 is 76.6. The molecule has 2 nitrogen and oxygen atoms in total. The molecule has 1 rings (SSSR count). The summed E-state index contributed by atoms with van der Waals surface area (Å²) in [6.45, 7) is 1.86. The number of benzene rings is 1. The Hall–Kier alpha value is -1.28. The number of hydrazine groups is 1. The summed E-state index contributed by atoms with van der Waals surface area (Å²) in [7, 11) is 0. The van der Waals surface area contributed by atoms with Gasteiger partial charge in [0, 0.05) is 0 Å². The minimum atomic E-state index is -5.45. The van der Waals surface area contributed by atoms with Gasteiger partial charge in [-0.1, -0.05) is 37.6 Å². The number of alkyl halides is 6. The topological polar surface area (TPSA) is 38.0 Å². The van der Waals surface area contributed by atoms with Gasteiger partial charge in [0.2, 0.25) is 0 Å². The van der Waals surface area contributed by atoms with Gasteiger partial charge in [0.25, 0.3) is 0 Å². The van der Waals surface area contributed by atoms with Gasteiger partial charge in [0.1, 0.15) is 0 Å². The Balaban J connectivity index is 3.23. The zero-order valence-corrected chi connectivity index (χ0v) is 11.2. The van der Waals surface area contributed by atoms with Crippen LogP contribution in [0.5, 0.6) is 0 Å². The van der Waals surface area contributed by atoms with Crippen molar-refractivity contribution in [3.8, 4) is 0 Å². The molecule has 8 heteroatoms. The van der Waals surface area contributed by atoms with E-state index in [0.717, 1.165) is 6.42 Å². The highest BCUT2D eigenvalue weighted by Gasteiger charge is 2.60. The lowest BCUT2D eigenvalue weighted by Gasteiger charge is -2.30. The maximum atomic E-state index is 12.8. The molecule has 0 fully saturated rings. The van der Waals surface area contributed by atoms with E-state index in [1.807, 2.05) is 6.92 Å². The highest BCUT2D eigenvalue weighted by Crippen LogP contribution is 2.46. The predicted octanol–water partition coefficient (Wildman–Crippen LogP) is 3.88. The lowest BCUT2D eigenvalue weighted by molar-refractivity contribution is -0.292. The Kier molecular flexibility index (Phi) is 5.63. The van der Waals surface area contributed by atoms with E-state index in [1.54, 1.807) is 11.5 Å². The van der Waals surface area contributed by atoms with Crippen LogP contribution >= 0.6 is 0 Å². The predicted molar refractivity (Wildman–Crippen MR) is 66.1 cm³/mol. The quantitative estimate of drug-likeness (QED) is 0.492. The van der Waals surface area contributed by atoms with Crippen molar-refractivity contribution in [3.63, 3.8) is 0 Å². The van der Waals surface area contributed by atoms with Crippen LogP contribution in [0.4, 0.5) is 26.3 Å². The Morgan fingerprint density at radius 2 is 1.67 bits per heavy atom. The van der Waals surface area contributed by atoms with Crippen molar-refractivity contribution in [2.45, 2.75) is 38.2 Å². The summed E-state index contributed by atoms with van der Waals surface area (Å²) in [6, 6.07) is 3.51. The van der Waals surface area contributed by atoms with E-state index in [4.69, 9.17) is 5.84 Å². The summed E-state index contributed by atoms with van der Waals surface area (Å²) in [4.78, 5) is 0. The second-order valence-electron chi connectivity index (χ2n) is 4.70. The molecule has 0 aliphatic rings. The van der Waals surface area contributed by atoms with E-state index in [9.17, 15) is 26.3 Å². The third-order valence-electron chi connectivity index (χ3n) is 3.07. The van der Waals surface area contributed by atoms with E-state index >= 15 is 0 Å². The molecule has 1 aromatic carbocycles. The molecular weight excluding hydrogens is 298 g/mol. The lowest BCUT2D eigenvalue weighted by Crippen LogP contribution is -2.47. The van der Waals surface area contributed by atoms with Crippen LogP contribution in [0.2, 0.25) is 0 Å². The van der Waals surface area contributed by atoms with Crippen molar-refractivity contribution in [1.29, 1.82) is 0 Å². The lowest BCUT2D eigenvalue weighted by atomic mass is 9.91. The number of hydrogen-bond donors (Lipinski definition) is 2. The molecule has 21 heavy (non-hydrogen) atoms. The number of rotatable bonds is 5. The molecule has 1 aromatic rings. The van der Waals surface area contributed by atoms with Crippen LogP contribution in [0.1, 0.15) is 30.5 Å². The minimum Gasteiger partial charge on any atom is -0.271 e. The second kappa shape index (κ2) is 6.65. The van der Waals surface area contributed by atoms with Crippen LogP contribution in [-0.2, 0) is 6.42 Å². The molecule has 1 atom stereocenters. The number of nitrogens with two attached hydrogens (primary N) is 1. The summed E-state index contributed by atoms with van der Waals surface area (Å²) in [5.74, 6) is 1.41. The van der Waals surface area contributed by atoms with Gasteiger partial charge in [-0.2, -0.15) is 26.3 Å². The third-order valence-corrected chi connectivity index (χ3v) is 3.07. The number of nitrogens with one attached hydrogen (secondary N) is 1. The average Bonchev–Trinajstić information content (AvgIpc) is 2.33. The number of aryl methyl sites for hydroxylation is 1. The largest absolute Gasteiger partial charge is 0.402 e. The van der Waals surface area contributed by atoms with E-state index < -0.39 is 24.3 Å². The van der Waals surface area contributed by atoms with Gasteiger partial charge in [-0.3, -0.25) is 11.3 Å². The molecule has 0 heterocycles. The van der Waals surface area contributed by atoms with Crippen LogP contribution in [0.15, 0.2) is 24.3 Å². The van der Waals surface area contributed by atoms with Crippen molar-refractivity contribution in [1.82, 2.24) is 5.43 Å². The van der Waals surface area contributed by atoms with E-state index in [2.05, 4.69) is 0 Å². The maximum absolute atomic E-state index is 12.8. The Bertz CT molecular complexity index is 441. The van der Waals surface area contributed by atoms with Gasteiger partial charge >= 0.3 is 12.4 Å². The van der Waals surface area contributed by atoms with Crippen molar-refractivity contribution in [2.75, 3.05) is 0 Å². The van der Waals surface area contributed by atoms with Crippen molar-refractivity contribution < 1.29 is 26.3 Å². The average molecular weight is 314 g/mol. The summed E-state index contributed by atoms with van der Waals surface area (Å²) >= 11 is 0. The Morgan fingerprint density at radius 1 is 1.10 bits per heavy atom. The molecule has 0 amide bonds. The number of hydrogen-bond acceptors (Lipinski definition) is 2. The first kappa shape index (κ1) is 17.8. The molecule has 0 aliphatic carbocycles. The van der Waals surface area contributed by atoms with Crippen molar-refractivity contribution >= 4 is 0 Å². The third kappa shape index (κ3) is 4.60. The zero-order valence-electron chi connectivity index (χ0n) is 11.2. The fraction of sp³-hybridized carbons (Fsp3) is 0.538. The number of halogens is 6. The molecule has 3 N–H and O–H groups in total. The SMILES string of the molecule is CCCc1cccc(C(NN)C(C(F)(F)F)C(F)(F)F)c1. The van der Waals surface area contributed by atoms with Crippen LogP contribution in [0, 0.1) is 5.92 Å². The first-order chi connectivity index (χ1) is 9.61. The van der Waals surface area contributed by atoms with Gasteiger partial charge < -0.3 is 0 Å². The zero-order chi connectivity index (χ0) is 16.3. The van der Waals surface area contributed by atoms with Gasteiger partial charge in [0.05, 0.1) is 6.04 Å². The Labute approximate surface area is 118 Å². The highest BCUT2D eigenvalue weighted by molar-refractivity contribution is 5.27. The van der Waals surface area contributed by atoms with E-state index in [1.165, 1.54) is 18.2 Å². The smallest absolute Gasteiger partial charge is 0.271 e. The van der Waals surface area contributed by atoms with Gasteiger partial charge in [-0.15, -0.1) is 0 Å². The second-order valence-corrected chi connectivity index (χ2v) is 4.70. The first-order valence-electron chi connectivity index (χ1n) is 6.29. The summed E-state index contributed by atoms with van der Waals surface area (Å²) in [6.07, 6.45) is -9.61. The van der Waals surface area contributed by atoms with Crippen LogP contribution in [0.25, 0.3) is 0 Å². The Morgan fingerprint density at radius 3 is 2.10 bits per heavy atom. The fourth-order valence-corrected chi connectivity index (χ4v) is 2.18. The molecule has 0 aromatic heterocycles.